The van der Waals surface area contributed by atoms with E-state index in [1.54, 1.807) is 4.31 Å². The summed E-state index contributed by atoms with van der Waals surface area (Å²) >= 11 is 0. The van der Waals surface area contributed by atoms with Crippen LogP contribution in [-0.2, 0) is 10.2 Å². The molecule has 0 aromatic rings. The summed E-state index contributed by atoms with van der Waals surface area (Å²) in [4.78, 5) is 0. The van der Waals surface area contributed by atoms with Crippen molar-refractivity contribution >= 4 is 10.2 Å². The molecular weight excluding hydrogens is 284 g/mol. The molecule has 3 rings (SSSR count). The maximum atomic E-state index is 12.8. The molecule has 0 radical (unpaired) electrons. The summed E-state index contributed by atoms with van der Waals surface area (Å²) in [6.45, 7) is 9.63. The highest BCUT2D eigenvalue weighted by Crippen LogP contribution is 2.65. The molecule has 0 unspecified atom stereocenters. The Hall–Kier alpha value is -0.130. The third-order valence-corrected chi connectivity index (χ3v) is 8.88. The minimum atomic E-state index is -3.34. The Morgan fingerprint density at radius 2 is 1.86 bits per heavy atom. The number of nitrogens with one attached hydrogen (secondary N) is 1. The van der Waals surface area contributed by atoms with Crippen LogP contribution >= 0.6 is 0 Å². The van der Waals surface area contributed by atoms with Crippen molar-refractivity contribution in [1.29, 1.82) is 0 Å². The van der Waals surface area contributed by atoms with E-state index in [0.717, 1.165) is 32.1 Å². The lowest BCUT2D eigenvalue weighted by Crippen LogP contribution is -2.54. The van der Waals surface area contributed by atoms with Crippen LogP contribution in [0, 0.1) is 16.7 Å². The van der Waals surface area contributed by atoms with Crippen LogP contribution < -0.4 is 4.72 Å². The maximum absolute atomic E-state index is 12.8. The van der Waals surface area contributed by atoms with Crippen LogP contribution in [0.2, 0.25) is 0 Å². The summed E-state index contributed by atoms with van der Waals surface area (Å²) in [5, 5.41) is 0. The first-order valence-corrected chi connectivity index (χ1v) is 9.91. The predicted octanol–water partition coefficient (Wildman–Crippen LogP) is 2.91. The summed E-state index contributed by atoms with van der Waals surface area (Å²) < 4.78 is 30.4. The first-order chi connectivity index (χ1) is 9.68. The molecule has 1 aliphatic heterocycles. The van der Waals surface area contributed by atoms with Gasteiger partial charge in [-0.1, -0.05) is 27.2 Å². The van der Waals surface area contributed by atoms with Gasteiger partial charge in [-0.25, -0.2) is 0 Å². The molecule has 1 N–H and O–H groups in total. The minimum absolute atomic E-state index is 0.101. The van der Waals surface area contributed by atoms with Crippen molar-refractivity contribution in [3.05, 3.63) is 0 Å². The van der Waals surface area contributed by atoms with Crippen LogP contribution in [0.4, 0.5) is 0 Å². The molecule has 21 heavy (non-hydrogen) atoms. The normalized spacial score (nSPS) is 43.3. The Kier molecular flexibility index (Phi) is 3.70. The SMILES string of the molecule is C[C@H]1CCCCN1S(=O)(=O)N[C@H]1C[C@H]2CC[C@@]1(C)C2(C)C. The minimum Gasteiger partial charge on any atom is -0.198 e. The number of fused-ring (bicyclic) bond motifs is 2. The summed E-state index contributed by atoms with van der Waals surface area (Å²) in [5.41, 5.74) is 0.345. The van der Waals surface area contributed by atoms with E-state index < -0.39 is 10.2 Å². The molecular formula is C16H30N2O2S. The molecule has 122 valence electrons. The van der Waals surface area contributed by atoms with Crippen molar-refractivity contribution in [2.45, 2.75) is 78.3 Å². The van der Waals surface area contributed by atoms with Crippen LogP contribution in [0.3, 0.4) is 0 Å². The Labute approximate surface area is 129 Å². The van der Waals surface area contributed by atoms with E-state index in [4.69, 9.17) is 0 Å². The molecule has 0 aromatic carbocycles. The summed E-state index contributed by atoms with van der Waals surface area (Å²) in [5.74, 6) is 0.661. The summed E-state index contributed by atoms with van der Waals surface area (Å²) in [7, 11) is -3.34. The fourth-order valence-electron chi connectivity index (χ4n) is 5.06. The molecule has 2 aliphatic carbocycles. The molecule has 0 aromatic heterocycles. The van der Waals surface area contributed by atoms with E-state index in [1.807, 2.05) is 6.92 Å². The smallest absolute Gasteiger partial charge is 0.198 e. The van der Waals surface area contributed by atoms with Gasteiger partial charge < -0.3 is 0 Å². The number of piperidine rings is 1. The van der Waals surface area contributed by atoms with Crippen molar-refractivity contribution in [2.24, 2.45) is 16.7 Å². The first kappa shape index (κ1) is 15.8. The number of hydrogen-bond donors (Lipinski definition) is 1. The van der Waals surface area contributed by atoms with Crippen LogP contribution in [-0.4, -0.2) is 31.4 Å². The molecule has 2 bridgehead atoms. The highest BCUT2D eigenvalue weighted by Gasteiger charge is 2.62. The standard InChI is InChI=1S/C16H30N2O2S/c1-12-7-5-6-10-18(12)21(19,20)17-14-11-13-8-9-16(14,4)15(13,2)3/h12-14,17H,5-11H2,1-4H3/t12-,13+,14-,16+/m0/s1. The third kappa shape index (κ3) is 2.27. The van der Waals surface area contributed by atoms with Crippen LogP contribution in [0.5, 0.6) is 0 Å². The zero-order chi connectivity index (χ0) is 15.5. The molecule has 0 spiro atoms. The average Bonchev–Trinajstić information content (AvgIpc) is 2.72. The van der Waals surface area contributed by atoms with Gasteiger partial charge in [0.15, 0.2) is 0 Å². The van der Waals surface area contributed by atoms with Crippen LogP contribution in [0.25, 0.3) is 0 Å². The van der Waals surface area contributed by atoms with Crippen molar-refractivity contribution < 1.29 is 8.42 Å². The number of hydrogen-bond acceptors (Lipinski definition) is 2. The largest absolute Gasteiger partial charge is 0.279 e. The first-order valence-electron chi connectivity index (χ1n) is 8.47. The van der Waals surface area contributed by atoms with Crippen molar-refractivity contribution in [3.63, 3.8) is 0 Å². The van der Waals surface area contributed by atoms with E-state index in [-0.39, 0.29) is 22.9 Å². The van der Waals surface area contributed by atoms with E-state index in [2.05, 4.69) is 25.5 Å². The number of nitrogens with zero attached hydrogens (tertiary/aromatic N) is 1. The van der Waals surface area contributed by atoms with Crippen molar-refractivity contribution in [3.8, 4) is 0 Å². The Morgan fingerprint density at radius 1 is 1.14 bits per heavy atom. The Balaban J connectivity index is 1.78. The van der Waals surface area contributed by atoms with E-state index in [1.165, 1.54) is 6.42 Å². The molecule has 3 aliphatic rings. The molecule has 0 amide bonds. The number of rotatable bonds is 3. The molecule has 2 saturated carbocycles. The zero-order valence-corrected chi connectivity index (χ0v) is 14.7. The second kappa shape index (κ2) is 4.93. The quantitative estimate of drug-likeness (QED) is 0.871. The van der Waals surface area contributed by atoms with Gasteiger partial charge in [0, 0.05) is 18.6 Å². The van der Waals surface area contributed by atoms with Crippen LogP contribution in [0.1, 0.15) is 66.2 Å². The maximum Gasteiger partial charge on any atom is 0.279 e. The van der Waals surface area contributed by atoms with Crippen molar-refractivity contribution in [1.82, 2.24) is 9.03 Å². The summed E-state index contributed by atoms with van der Waals surface area (Å²) in [6.07, 6.45) is 6.52. The van der Waals surface area contributed by atoms with Gasteiger partial charge in [0.25, 0.3) is 10.2 Å². The van der Waals surface area contributed by atoms with E-state index >= 15 is 0 Å². The second-order valence-corrected chi connectivity index (χ2v) is 9.90. The molecule has 4 nitrogen and oxygen atoms in total. The molecule has 5 heteroatoms. The van der Waals surface area contributed by atoms with Gasteiger partial charge in [-0.05, 0) is 55.8 Å². The summed E-state index contributed by atoms with van der Waals surface area (Å²) in [6, 6.07) is 0.237. The lowest BCUT2D eigenvalue weighted by Gasteiger charge is -2.41. The topological polar surface area (TPSA) is 49.4 Å². The Bertz CT molecular complexity index is 516. The van der Waals surface area contributed by atoms with Crippen molar-refractivity contribution in [2.75, 3.05) is 6.54 Å². The monoisotopic (exact) mass is 314 g/mol. The van der Waals surface area contributed by atoms with Crippen LogP contribution in [0.15, 0.2) is 0 Å². The fraction of sp³-hybridized carbons (Fsp3) is 1.00. The zero-order valence-electron chi connectivity index (χ0n) is 13.9. The van der Waals surface area contributed by atoms with Gasteiger partial charge in [-0.2, -0.15) is 17.4 Å². The lowest BCUT2D eigenvalue weighted by atomic mass is 9.69. The fourth-order valence-corrected chi connectivity index (χ4v) is 6.86. The third-order valence-electron chi connectivity index (χ3n) is 7.14. The van der Waals surface area contributed by atoms with E-state index in [9.17, 15) is 8.42 Å². The highest BCUT2D eigenvalue weighted by molar-refractivity contribution is 7.87. The molecule has 1 saturated heterocycles. The predicted molar refractivity (Wildman–Crippen MR) is 85.1 cm³/mol. The van der Waals surface area contributed by atoms with Gasteiger partial charge in [0.2, 0.25) is 0 Å². The van der Waals surface area contributed by atoms with Gasteiger partial charge in [-0.3, -0.25) is 0 Å². The Morgan fingerprint density at radius 3 is 2.38 bits per heavy atom. The molecule has 1 heterocycles. The average molecular weight is 314 g/mol. The van der Waals surface area contributed by atoms with E-state index in [0.29, 0.717) is 12.5 Å². The van der Waals surface area contributed by atoms with Gasteiger partial charge in [-0.15, -0.1) is 0 Å². The second-order valence-electron chi connectivity index (χ2n) is 8.24. The van der Waals surface area contributed by atoms with Gasteiger partial charge in [0.1, 0.15) is 0 Å². The molecule has 3 fully saturated rings. The van der Waals surface area contributed by atoms with Gasteiger partial charge in [0.05, 0.1) is 0 Å². The molecule has 4 atom stereocenters. The van der Waals surface area contributed by atoms with Gasteiger partial charge >= 0.3 is 0 Å². The highest BCUT2D eigenvalue weighted by atomic mass is 32.2. The lowest BCUT2D eigenvalue weighted by molar-refractivity contribution is 0.128.